The molecule has 0 unspecified atom stereocenters. The molecule has 0 saturated carbocycles. The van der Waals surface area contributed by atoms with Crippen LogP contribution in [0.4, 0.5) is 0 Å². The standard InChI is InChI=1S/C19H18ClN3OS/c1-12-10-17(25-23-12)19(2,3)22-18(24)16-9-5-8-15(21-16)13-6-4-7-14(20)11-13/h4-11H,1-3H3,(H,22,24). The largest absolute Gasteiger partial charge is 0.341 e. The van der Waals surface area contributed by atoms with E-state index in [2.05, 4.69) is 14.7 Å². The molecule has 3 rings (SSSR count). The second kappa shape index (κ2) is 6.94. The van der Waals surface area contributed by atoms with Crippen LogP contribution in [0.3, 0.4) is 0 Å². The molecule has 0 spiro atoms. The zero-order chi connectivity index (χ0) is 18.0. The maximum absolute atomic E-state index is 12.7. The third kappa shape index (κ3) is 4.06. The van der Waals surface area contributed by atoms with Gasteiger partial charge in [-0.25, -0.2) is 4.98 Å². The maximum Gasteiger partial charge on any atom is 0.270 e. The first kappa shape index (κ1) is 17.6. The summed E-state index contributed by atoms with van der Waals surface area (Å²) in [7, 11) is 0. The predicted molar refractivity (Wildman–Crippen MR) is 102 cm³/mol. The molecule has 0 fully saturated rings. The fourth-order valence-electron chi connectivity index (χ4n) is 2.44. The number of halogens is 1. The monoisotopic (exact) mass is 371 g/mol. The van der Waals surface area contributed by atoms with Gasteiger partial charge in [0.1, 0.15) is 5.69 Å². The second-order valence-corrected chi connectivity index (χ2v) is 7.57. The first-order valence-electron chi connectivity index (χ1n) is 7.84. The van der Waals surface area contributed by atoms with Crippen LogP contribution in [0.15, 0.2) is 48.5 Å². The van der Waals surface area contributed by atoms with Gasteiger partial charge >= 0.3 is 0 Å². The molecule has 128 valence electrons. The Labute approximate surface area is 156 Å². The number of benzene rings is 1. The van der Waals surface area contributed by atoms with Crippen molar-refractivity contribution in [2.75, 3.05) is 0 Å². The molecule has 2 heterocycles. The summed E-state index contributed by atoms with van der Waals surface area (Å²) in [6.07, 6.45) is 0. The van der Waals surface area contributed by atoms with Crippen LogP contribution in [-0.2, 0) is 5.54 Å². The van der Waals surface area contributed by atoms with Gasteiger partial charge in [-0.2, -0.15) is 4.37 Å². The van der Waals surface area contributed by atoms with Crippen molar-refractivity contribution in [1.82, 2.24) is 14.7 Å². The van der Waals surface area contributed by atoms with Gasteiger partial charge in [-0.15, -0.1) is 0 Å². The molecular formula is C19H18ClN3OS. The molecule has 4 nitrogen and oxygen atoms in total. The Morgan fingerprint density at radius 3 is 2.60 bits per heavy atom. The molecule has 0 saturated heterocycles. The van der Waals surface area contributed by atoms with Crippen LogP contribution < -0.4 is 5.32 Å². The highest BCUT2D eigenvalue weighted by molar-refractivity contribution is 7.06. The molecule has 0 aliphatic rings. The molecule has 0 aliphatic carbocycles. The Balaban J connectivity index is 1.84. The topological polar surface area (TPSA) is 54.9 Å². The van der Waals surface area contributed by atoms with Crippen LogP contribution >= 0.6 is 23.1 Å². The smallest absolute Gasteiger partial charge is 0.270 e. The van der Waals surface area contributed by atoms with Crippen LogP contribution in [0.2, 0.25) is 5.02 Å². The predicted octanol–water partition coefficient (Wildman–Crippen LogP) is 4.83. The third-order valence-corrected chi connectivity index (χ3v) is 5.21. The van der Waals surface area contributed by atoms with E-state index in [4.69, 9.17) is 11.6 Å². The quantitative estimate of drug-likeness (QED) is 0.714. The highest BCUT2D eigenvalue weighted by Gasteiger charge is 2.26. The second-order valence-electron chi connectivity index (χ2n) is 6.33. The minimum atomic E-state index is -0.517. The van der Waals surface area contributed by atoms with E-state index in [1.807, 2.05) is 57.2 Å². The van der Waals surface area contributed by atoms with Gasteiger partial charge in [-0.3, -0.25) is 4.79 Å². The molecular weight excluding hydrogens is 354 g/mol. The Kier molecular flexibility index (Phi) is 4.88. The Bertz CT molecular complexity index is 920. The van der Waals surface area contributed by atoms with Crippen molar-refractivity contribution in [3.63, 3.8) is 0 Å². The van der Waals surface area contributed by atoms with Crippen LogP contribution in [0.5, 0.6) is 0 Å². The highest BCUT2D eigenvalue weighted by atomic mass is 35.5. The SMILES string of the molecule is Cc1cc(C(C)(C)NC(=O)c2cccc(-c3cccc(Cl)c3)n2)sn1. The maximum atomic E-state index is 12.7. The molecule has 2 aromatic heterocycles. The molecule has 1 amide bonds. The van der Waals surface area contributed by atoms with Crippen LogP contribution in [-0.4, -0.2) is 15.3 Å². The molecule has 25 heavy (non-hydrogen) atoms. The van der Waals surface area contributed by atoms with Gasteiger partial charge in [0.05, 0.1) is 21.8 Å². The van der Waals surface area contributed by atoms with Gasteiger partial charge < -0.3 is 5.32 Å². The molecule has 6 heteroatoms. The van der Waals surface area contributed by atoms with Gasteiger partial charge in [-0.1, -0.05) is 29.8 Å². The van der Waals surface area contributed by atoms with E-state index in [-0.39, 0.29) is 5.91 Å². The number of pyridine rings is 1. The van der Waals surface area contributed by atoms with E-state index in [0.29, 0.717) is 16.4 Å². The highest BCUT2D eigenvalue weighted by Crippen LogP contribution is 2.25. The zero-order valence-corrected chi connectivity index (χ0v) is 15.8. The van der Waals surface area contributed by atoms with Crippen molar-refractivity contribution in [3.05, 3.63) is 69.8 Å². The van der Waals surface area contributed by atoms with Crippen molar-refractivity contribution in [2.24, 2.45) is 0 Å². The van der Waals surface area contributed by atoms with Crippen molar-refractivity contribution in [1.29, 1.82) is 0 Å². The minimum absolute atomic E-state index is 0.222. The number of hydrogen-bond acceptors (Lipinski definition) is 4. The van der Waals surface area contributed by atoms with Gasteiger partial charge in [0.15, 0.2) is 0 Å². The van der Waals surface area contributed by atoms with Gasteiger partial charge in [-0.05, 0) is 62.6 Å². The molecule has 1 aromatic carbocycles. The summed E-state index contributed by atoms with van der Waals surface area (Å²) in [5.74, 6) is -0.222. The first-order chi connectivity index (χ1) is 11.8. The van der Waals surface area contributed by atoms with Crippen molar-refractivity contribution in [3.8, 4) is 11.3 Å². The average molecular weight is 372 g/mol. The van der Waals surface area contributed by atoms with E-state index < -0.39 is 5.54 Å². The Hall–Kier alpha value is -2.24. The van der Waals surface area contributed by atoms with E-state index >= 15 is 0 Å². The average Bonchev–Trinajstić information content (AvgIpc) is 3.02. The fourth-order valence-corrected chi connectivity index (χ4v) is 3.43. The number of carbonyl (C=O) groups excluding carboxylic acids is 1. The molecule has 0 bridgehead atoms. The molecule has 0 aliphatic heterocycles. The van der Waals surface area contributed by atoms with E-state index in [9.17, 15) is 4.79 Å². The lowest BCUT2D eigenvalue weighted by atomic mass is 10.0. The number of rotatable bonds is 4. The van der Waals surface area contributed by atoms with Crippen LogP contribution in [0, 0.1) is 6.92 Å². The van der Waals surface area contributed by atoms with Crippen LogP contribution in [0.1, 0.15) is 34.9 Å². The van der Waals surface area contributed by atoms with Gasteiger partial charge in [0, 0.05) is 10.6 Å². The van der Waals surface area contributed by atoms with Crippen LogP contribution in [0.25, 0.3) is 11.3 Å². The van der Waals surface area contributed by atoms with E-state index in [1.54, 1.807) is 12.1 Å². The van der Waals surface area contributed by atoms with E-state index in [1.165, 1.54) is 11.5 Å². The summed E-state index contributed by atoms with van der Waals surface area (Å²) in [4.78, 5) is 18.2. The summed E-state index contributed by atoms with van der Waals surface area (Å²) in [5, 5.41) is 3.67. The summed E-state index contributed by atoms with van der Waals surface area (Å²) in [6, 6.07) is 14.8. The fraction of sp³-hybridized carbons (Fsp3) is 0.211. The lowest BCUT2D eigenvalue weighted by molar-refractivity contribution is 0.0908. The first-order valence-corrected chi connectivity index (χ1v) is 8.99. The molecule has 0 radical (unpaired) electrons. The summed E-state index contributed by atoms with van der Waals surface area (Å²) >= 11 is 7.44. The Morgan fingerprint density at radius 1 is 1.16 bits per heavy atom. The number of carbonyl (C=O) groups is 1. The lowest BCUT2D eigenvalue weighted by Crippen LogP contribution is -2.40. The Morgan fingerprint density at radius 2 is 1.92 bits per heavy atom. The molecule has 3 aromatic rings. The molecule has 0 atom stereocenters. The number of hydrogen-bond donors (Lipinski definition) is 1. The van der Waals surface area contributed by atoms with Crippen molar-refractivity contribution in [2.45, 2.75) is 26.3 Å². The number of amides is 1. The van der Waals surface area contributed by atoms with Gasteiger partial charge in [0.25, 0.3) is 5.91 Å². The summed E-state index contributed by atoms with van der Waals surface area (Å²) in [6.45, 7) is 5.85. The zero-order valence-electron chi connectivity index (χ0n) is 14.2. The normalized spacial score (nSPS) is 11.4. The molecule has 1 N–H and O–H groups in total. The summed E-state index contributed by atoms with van der Waals surface area (Å²) in [5.41, 5.74) is 2.38. The number of nitrogens with one attached hydrogen (secondary N) is 1. The minimum Gasteiger partial charge on any atom is -0.341 e. The van der Waals surface area contributed by atoms with Crippen molar-refractivity contribution >= 4 is 29.0 Å². The number of aryl methyl sites for hydroxylation is 1. The van der Waals surface area contributed by atoms with E-state index in [0.717, 1.165) is 16.1 Å². The number of nitrogens with zero attached hydrogens (tertiary/aromatic N) is 2. The van der Waals surface area contributed by atoms with Crippen molar-refractivity contribution < 1.29 is 4.79 Å². The summed E-state index contributed by atoms with van der Waals surface area (Å²) < 4.78 is 4.29. The lowest BCUT2D eigenvalue weighted by Gasteiger charge is -2.24. The number of aromatic nitrogens is 2. The van der Waals surface area contributed by atoms with Gasteiger partial charge in [0.2, 0.25) is 0 Å². The third-order valence-electron chi connectivity index (χ3n) is 3.77.